The van der Waals surface area contributed by atoms with E-state index in [1.807, 2.05) is 12.1 Å². The van der Waals surface area contributed by atoms with Gasteiger partial charge in [0.15, 0.2) is 0 Å². The first-order valence-corrected chi connectivity index (χ1v) is 5.25. The second-order valence-electron chi connectivity index (χ2n) is 3.47. The average Bonchev–Trinajstić information content (AvgIpc) is 2.61. The maximum Gasteiger partial charge on any atom is 0.227 e. The smallest absolute Gasteiger partial charge is 0.227 e. The molecule has 0 saturated carbocycles. The Balaban J connectivity index is 2.17. The second-order valence-corrected chi connectivity index (χ2v) is 3.83. The third kappa shape index (κ3) is 1.75. The monoisotopic (exact) mass is 208 g/mol. The molecule has 4 heteroatoms. The molecule has 1 fully saturated rings. The van der Waals surface area contributed by atoms with Gasteiger partial charge in [0.05, 0.1) is 11.9 Å². The Bertz CT molecular complexity index is 328. The number of pyridine rings is 1. The highest BCUT2D eigenvalue weighted by atomic mass is 32.1. The predicted molar refractivity (Wildman–Crippen MR) is 58.6 cm³/mol. The minimum Gasteiger partial charge on any atom is -0.311 e. The molecule has 1 aliphatic heterocycles. The van der Waals surface area contributed by atoms with Gasteiger partial charge in [0.25, 0.3) is 0 Å². The molecule has 74 valence electrons. The molecule has 0 bridgehead atoms. The fourth-order valence-corrected chi connectivity index (χ4v) is 1.91. The number of hydrogen-bond acceptors (Lipinski definition) is 3. The number of aromatic nitrogens is 1. The van der Waals surface area contributed by atoms with Crippen molar-refractivity contribution in [3.05, 3.63) is 24.5 Å². The molecule has 1 amide bonds. The zero-order valence-electron chi connectivity index (χ0n) is 7.76. The van der Waals surface area contributed by atoms with E-state index in [1.165, 1.54) is 0 Å². The molecule has 0 aliphatic carbocycles. The van der Waals surface area contributed by atoms with Crippen LogP contribution >= 0.6 is 12.6 Å². The van der Waals surface area contributed by atoms with Gasteiger partial charge in [-0.15, -0.1) is 0 Å². The maximum atomic E-state index is 11.6. The largest absolute Gasteiger partial charge is 0.311 e. The molecule has 1 aromatic heterocycles. The van der Waals surface area contributed by atoms with Gasteiger partial charge in [-0.3, -0.25) is 9.78 Å². The third-order valence-electron chi connectivity index (χ3n) is 2.42. The highest BCUT2D eigenvalue weighted by Crippen LogP contribution is 2.24. The molecule has 1 atom stereocenters. The lowest BCUT2D eigenvalue weighted by molar-refractivity contribution is -0.117. The van der Waals surface area contributed by atoms with Crippen LogP contribution in [0.25, 0.3) is 0 Å². The second kappa shape index (κ2) is 4.00. The van der Waals surface area contributed by atoms with Crippen molar-refractivity contribution in [2.45, 2.75) is 6.42 Å². The number of carbonyl (C=O) groups is 1. The van der Waals surface area contributed by atoms with Gasteiger partial charge in [-0.2, -0.15) is 12.6 Å². The number of amides is 1. The number of nitrogens with zero attached hydrogens (tertiary/aromatic N) is 2. The van der Waals surface area contributed by atoms with Gasteiger partial charge in [-0.25, -0.2) is 0 Å². The Hall–Kier alpha value is -1.03. The summed E-state index contributed by atoms with van der Waals surface area (Å²) in [6.45, 7) is 0.772. The molecule has 14 heavy (non-hydrogen) atoms. The van der Waals surface area contributed by atoms with E-state index in [2.05, 4.69) is 17.6 Å². The van der Waals surface area contributed by atoms with E-state index < -0.39 is 0 Å². The van der Waals surface area contributed by atoms with Crippen molar-refractivity contribution in [3.63, 3.8) is 0 Å². The Morgan fingerprint density at radius 3 is 3.07 bits per heavy atom. The van der Waals surface area contributed by atoms with E-state index in [-0.39, 0.29) is 5.91 Å². The molecule has 1 aliphatic rings. The summed E-state index contributed by atoms with van der Waals surface area (Å²) in [5, 5.41) is 0. The summed E-state index contributed by atoms with van der Waals surface area (Å²) in [5.74, 6) is 1.32. The minimum atomic E-state index is 0.178. The van der Waals surface area contributed by atoms with Gasteiger partial charge in [0, 0.05) is 19.2 Å². The minimum absolute atomic E-state index is 0.178. The fourth-order valence-electron chi connectivity index (χ4n) is 1.67. The first-order valence-electron chi connectivity index (χ1n) is 4.62. The number of thiol groups is 1. The SMILES string of the molecule is O=C1CC(CS)CN1c1cccnc1. The quantitative estimate of drug-likeness (QED) is 0.745. The molecule has 0 aromatic carbocycles. The Morgan fingerprint density at radius 1 is 1.64 bits per heavy atom. The van der Waals surface area contributed by atoms with Crippen LogP contribution in [0.1, 0.15) is 6.42 Å². The maximum absolute atomic E-state index is 11.6. The highest BCUT2D eigenvalue weighted by molar-refractivity contribution is 7.80. The number of hydrogen-bond donors (Lipinski definition) is 1. The third-order valence-corrected chi connectivity index (χ3v) is 2.94. The lowest BCUT2D eigenvalue weighted by Gasteiger charge is -2.15. The van der Waals surface area contributed by atoms with Gasteiger partial charge in [-0.05, 0) is 23.8 Å². The van der Waals surface area contributed by atoms with E-state index in [9.17, 15) is 4.79 Å². The van der Waals surface area contributed by atoms with Crippen LogP contribution < -0.4 is 4.90 Å². The number of rotatable bonds is 2. The molecule has 2 rings (SSSR count). The lowest BCUT2D eigenvalue weighted by Crippen LogP contribution is -2.24. The fraction of sp³-hybridized carbons (Fsp3) is 0.400. The summed E-state index contributed by atoms with van der Waals surface area (Å²) in [7, 11) is 0. The Labute approximate surface area is 88.5 Å². The van der Waals surface area contributed by atoms with E-state index in [4.69, 9.17) is 0 Å². The van der Waals surface area contributed by atoms with Crippen LogP contribution in [-0.4, -0.2) is 23.2 Å². The summed E-state index contributed by atoms with van der Waals surface area (Å²) in [4.78, 5) is 17.4. The van der Waals surface area contributed by atoms with E-state index in [1.54, 1.807) is 17.3 Å². The van der Waals surface area contributed by atoms with Crippen LogP contribution in [0.3, 0.4) is 0 Å². The van der Waals surface area contributed by atoms with Crippen molar-refractivity contribution < 1.29 is 4.79 Å². The van der Waals surface area contributed by atoms with Gasteiger partial charge in [-0.1, -0.05) is 0 Å². The molecule has 3 nitrogen and oxygen atoms in total. The van der Waals surface area contributed by atoms with E-state index in [0.717, 1.165) is 18.0 Å². The van der Waals surface area contributed by atoms with Crippen LogP contribution in [-0.2, 0) is 4.79 Å². The van der Waals surface area contributed by atoms with Crippen molar-refractivity contribution in [3.8, 4) is 0 Å². The topological polar surface area (TPSA) is 33.2 Å². The lowest BCUT2D eigenvalue weighted by atomic mass is 10.1. The van der Waals surface area contributed by atoms with Gasteiger partial charge in [0.2, 0.25) is 5.91 Å². The summed E-state index contributed by atoms with van der Waals surface area (Å²) >= 11 is 4.21. The van der Waals surface area contributed by atoms with Gasteiger partial charge >= 0.3 is 0 Å². The normalized spacial score (nSPS) is 21.6. The van der Waals surface area contributed by atoms with E-state index in [0.29, 0.717) is 12.3 Å². The molecule has 0 spiro atoms. The molecule has 0 radical (unpaired) electrons. The van der Waals surface area contributed by atoms with Crippen molar-refractivity contribution in [1.29, 1.82) is 0 Å². The van der Waals surface area contributed by atoms with E-state index >= 15 is 0 Å². The summed E-state index contributed by atoms with van der Waals surface area (Å²) in [6, 6.07) is 3.75. The molecule has 1 saturated heterocycles. The van der Waals surface area contributed by atoms with Crippen molar-refractivity contribution in [2.75, 3.05) is 17.2 Å². The molecule has 1 unspecified atom stereocenters. The van der Waals surface area contributed by atoms with Gasteiger partial charge < -0.3 is 4.90 Å². The number of anilines is 1. The Kier molecular flexibility index (Phi) is 2.72. The van der Waals surface area contributed by atoms with Crippen LogP contribution in [0, 0.1) is 5.92 Å². The van der Waals surface area contributed by atoms with Crippen LogP contribution in [0.15, 0.2) is 24.5 Å². The van der Waals surface area contributed by atoms with Gasteiger partial charge in [0.1, 0.15) is 0 Å². The summed E-state index contributed by atoms with van der Waals surface area (Å²) in [5.41, 5.74) is 0.891. The zero-order chi connectivity index (χ0) is 9.97. The Morgan fingerprint density at radius 2 is 2.50 bits per heavy atom. The van der Waals surface area contributed by atoms with Crippen LogP contribution in [0.5, 0.6) is 0 Å². The number of carbonyl (C=O) groups excluding carboxylic acids is 1. The average molecular weight is 208 g/mol. The molecular formula is C10H12N2OS. The van der Waals surface area contributed by atoms with Crippen molar-refractivity contribution in [2.24, 2.45) is 5.92 Å². The molecule has 0 N–H and O–H groups in total. The van der Waals surface area contributed by atoms with Crippen molar-refractivity contribution >= 4 is 24.2 Å². The zero-order valence-corrected chi connectivity index (χ0v) is 8.65. The predicted octanol–water partition coefficient (Wildman–Crippen LogP) is 1.36. The van der Waals surface area contributed by atoms with Crippen molar-refractivity contribution in [1.82, 2.24) is 4.98 Å². The van der Waals surface area contributed by atoms with Crippen LogP contribution in [0.4, 0.5) is 5.69 Å². The summed E-state index contributed by atoms with van der Waals surface area (Å²) < 4.78 is 0. The summed E-state index contributed by atoms with van der Waals surface area (Å²) in [6.07, 6.45) is 4.04. The standard InChI is InChI=1S/C10H12N2OS/c13-10-4-8(7-14)6-12(10)9-2-1-3-11-5-9/h1-3,5,8,14H,4,6-7H2. The first kappa shape index (κ1) is 9.52. The highest BCUT2D eigenvalue weighted by Gasteiger charge is 2.29. The molecule has 2 heterocycles. The molecule has 1 aromatic rings. The first-order chi connectivity index (χ1) is 6.81. The van der Waals surface area contributed by atoms with Crippen LogP contribution in [0.2, 0.25) is 0 Å². The molecular weight excluding hydrogens is 196 g/mol.